The molecule has 0 unspecified atom stereocenters. The maximum Gasteiger partial charge on any atom is 0.361 e. The average molecular weight is 461 g/mol. The van der Waals surface area contributed by atoms with E-state index in [1.54, 1.807) is 20.8 Å². The number of nitrogens with two attached hydrogens (primary N) is 1. The molecule has 0 aliphatic heterocycles. The van der Waals surface area contributed by atoms with Crippen molar-refractivity contribution >= 4 is 32.9 Å². The molecular formula is C20H31BrNO6+. The van der Waals surface area contributed by atoms with Crippen molar-refractivity contribution in [2.24, 2.45) is 5.90 Å². The lowest BCUT2D eigenvalue weighted by atomic mass is 10.0. The number of benzene rings is 1. The normalized spacial score (nSPS) is 10.5. The lowest BCUT2D eigenvalue weighted by molar-refractivity contribution is -0.277. The molecule has 0 aliphatic rings. The second-order valence-electron chi connectivity index (χ2n) is 6.86. The molecule has 0 amide bonds. The summed E-state index contributed by atoms with van der Waals surface area (Å²) in [5.74, 6) is 4.95. The molecule has 0 spiro atoms. The Labute approximate surface area is 174 Å². The molecule has 7 nitrogen and oxygen atoms in total. The number of fused-ring (bicyclic) bond motifs is 1. The molecule has 1 heterocycles. The maximum atomic E-state index is 11.6. The molecule has 0 fully saturated rings. The molecule has 8 heteroatoms. The molecule has 0 radical (unpaired) electrons. The smallest absolute Gasteiger partial charge is 0.361 e. The van der Waals surface area contributed by atoms with Crippen LogP contribution in [0.5, 0.6) is 0 Å². The van der Waals surface area contributed by atoms with Gasteiger partial charge in [-0.1, -0.05) is 0 Å². The number of carbonyl (C=O) groups excluding carboxylic acids is 1. The van der Waals surface area contributed by atoms with Crippen LogP contribution < -0.4 is 5.90 Å². The van der Waals surface area contributed by atoms with E-state index < -0.39 is 5.60 Å². The van der Waals surface area contributed by atoms with Gasteiger partial charge in [-0.15, -0.1) is 4.99 Å². The van der Waals surface area contributed by atoms with E-state index in [-0.39, 0.29) is 12.4 Å². The summed E-state index contributed by atoms with van der Waals surface area (Å²) in [4.78, 5) is 19.0. The third kappa shape index (κ3) is 10.7. The van der Waals surface area contributed by atoms with Crippen LogP contribution in [0.4, 0.5) is 0 Å². The zero-order valence-corrected chi connectivity index (χ0v) is 19.2. The van der Waals surface area contributed by atoms with E-state index in [0.717, 1.165) is 32.3 Å². The van der Waals surface area contributed by atoms with Crippen LogP contribution in [0.2, 0.25) is 0 Å². The maximum absolute atomic E-state index is 11.6. The molecule has 0 aliphatic carbocycles. The molecule has 28 heavy (non-hydrogen) atoms. The lowest BCUT2D eigenvalue weighted by Crippen LogP contribution is -2.10. The van der Waals surface area contributed by atoms with Gasteiger partial charge in [-0.2, -0.15) is 5.90 Å². The number of halogens is 1. The van der Waals surface area contributed by atoms with Gasteiger partial charge in [0.05, 0.1) is 38.0 Å². The van der Waals surface area contributed by atoms with E-state index in [4.69, 9.17) is 14.3 Å². The number of esters is 1. The van der Waals surface area contributed by atoms with Crippen LogP contribution in [0, 0.1) is 13.8 Å². The lowest BCUT2D eigenvalue weighted by Gasteiger charge is -2.08. The molecule has 0 saturated heterocycles. The van der Waals surface area contributed by atoms with Gasteiger partial charge in [-0.05, 0) is 67.7 Å². The minimum atomic E-state index is -0.500. The minimum absolute atomic E-state index is 0.213. The number of hydrogen-bond acceptors (Lipinski definition) is 6. The van der Waals surface area contributed by atoms with Crippen LogP contribution in [0.15, 0.2) is 27.1 Å². The Morgan fingerprint density at radius 3 is 2.29 bits per heavy atom. The number of aryl methyl sites for hydroxylation is 2. The fourth-order valence-corrected chi connectivity index (χ4v) is 2.81. The second-order valence-corrected chi connectivity index (χ2v) is 7.65. The van der Waals surface area contributed by atoms with Crippen LogP contribution in [-0.4, -0.2) is 30.4 Å². The van der Waals surface area contributed by atoms with Crippen molar-refractivity contribution in [1.29, 1.82) is 0 Å². The van der Waals surface area contributed by atoms with Crippen molar-refractivity contribution in [3.8, 4) is 0 Å². The Hall–Kier alpha value is -1.58. The van der Waals surface area contributed by atoms with Gasteiger partial charge in [-0.25, -0.2) is 9.30 Å². The first kappa shape index (κ1) is 26.4. The monoisotopic (exact) mass is 460 g/mol. The van der Waals surface area contributed by atoms with Crippen molar-refractivity contribution < 1.29 is 28.9 Å². The van der Waals surface area contributed by atoms with E-state index in [1.807, 2.05) is 39.0 Å². The van der Waals surface area contributed by atoms with Gasteiger partial charge in [0.2, 0.25) is 0 Å². The summed E-state index contributed by atoms with van der Waals surface area (Å²) < 4.78 is 11.6. The highest BCUT2D eigenvalue weighted by molar-refractivity contribution is 9.10. The fraction of sp³-hybridized carbons (Fsp3) is 0.500. The number of ether oxygens (including phenoxy) is 1. The van der Waals surface area contributed by atoms with Crippen molar-refractivity contribution in [3.05, 3.63) is 39.6 Å². The Balaban J connectivity index is 0.000000681. The first-order chi connectivity index (χ1) is 12.9. The first-order valence-electron chi connectivity index (χ1n) is 8.73. The summed E-state index contributed by atoms with van der Waals surface area (Å²) in [5.41, 5.74) is 2.28. The van der Waals surface area contributed by atoms with Crippen LogP contribution in [0.1, 0.15) is 44.6 Å². The van der Waals surface area contributed by atoms with Gasteiger partial charge in [0.1, 0.15) is 0 Å². The van der Waals surface area contributed by atoms with Crippen molar-refractivity contribution in [3.63, 3.8) is 0 Å². The predicted octanol–water partition coefficient (Wildman–Crippen LogP) is 4.41. The molecule has 1 aromatic carbocycles. The quantitative estimate of drug-likeness (QED) is 0.301. The van der Waals surface area contributed by atoms with Crippen LogP contribution in [0.3, 0.4) is 0 Å². The Morgan fingerprint density at radius 2 is 1.82 bits per heavy atom. The summed E-state index contributed by atoms with van der Waals surface area (Å²) >= 11 is 3.57. The van der Waals surface area contributed by atoms with Gasteiger partial charge < -0.3 is 9.84 Å². The highest BCUT2D eigenvalue weighted by Crippen LogP contribution is 2.31. The van der Waals surface area contributed by atoms with E-state index in [2.05, 4.69) is 31.7 Å². The van der Waals surface area contributed by atoms with Crippen molar-refractivity contribution in [2.75, 3.05) is 13.7 Å². The largest absolute Gasteiger partial charge is 0.466 e. The van der Waals surface area contributed by atoms with E-state index in [9.17, 15) is 4.79 Å². The molecule has 3 N–H and O–H groups in total. The first-order valence-corrected chi connectivity index (χ1v) is 9.52. The third-order valence-corrected chi connectivity index (χ3v) is 3.97. The summed E-state index contributed by atoms with van der Waals surface area (Å²) in [7, 11) is 1.33. The molecule has 0 saturated carbocycles. The van der Waals surface area contributed by atoms with Crippen LogP contribution >= 0.6 is 15.9 Å². The van der Waals surface area contributed by atoms with E-state index in [1.165, 1.54) is 7.11 Å². The number of carbonyl (C=O) groups is 1. The molecule has 0 atom stereocenters. The highest BCUT2D eigenvalue weighted by atomic mass is 79.9. The van der Waals surface area contributed by atoms with Crippen molar-refractivity contribution in [1.82, 2.24) is 0 Å². The van der Waals surface area contributed by atoms with Gasteiger partial charge in [0.25, 0.3) is 0 Å². The van der Waals surface area contributed by atoms with Crippen LogP contribution in [0.25, 0.3) is 11.0 Å². The predicted molar refractivity (Wildman–Crippen MR) is 112 cm³/mol. The van der Waals surface area contributed by atoms with Gasteiger partial charge in [-0.3, -0.25) is 4.79 Å². The molecule has 158 valence electrons. The molecular weight excluding hydrogens is 430 g/mol. The third-order valence-electron chi connectivity index (χ3n) is 3.07. The highest BCUT2D eigenvalue weighted by Gasteiger charge is 2.19. The van der Waals surface area contributed by atoms with Crippen LogP contribution in [-0.2, 0) is 25.8 Å². The Kier molecular flexibility index (Phi) is 12.1. The second kappa shape index (κ2) is 12.8. The summed E-state index contributed by atoms with van der Waals surface area (Å²) in [6.45, 7) is 11.3. The summed E-state index contributed by atoms with van der Waals surface area (Å²) in [6, 6.07) is 5.87. The molecule has 1 aromatic heterocycles. The summed E-state index contributed by atoms with van der Waals surface area (Å²) in [6.07, 6.45) is 0.268. The van der Waals surface area contributed by atoms with Gasteiger partial charge in [0.15, 0.2) is 0 Å². The number of rotatable bonds is 4. The Morgan fingerprint density at radius 1 is 1.29 bits per heavy atom. The standard InChI is InChI=1S/C15H16BrO3.C4H10O.CH5NO2/c1-4-18-14(17)8-12-9(2)7-13-11(15(12)16)6-5-10(3)19-13;1-4(2,3)5;1-3-4-2/h5-7H,4,8H2,1-3H3;5H,1-3H3;2H2,1H3/q+1;;. The summed E-state index contributed by atoms with van der Waals surface area (Å²) in [5, 5.41) is 9.49. The number of hydrogen-bond donors (Lipinski definition) is 2. The minimum Gasteiger partial charge on any atom is -0.466 e. The van der Waals surface area contributed by atoms with E-state index in [0.29, 0.717) is 6.61 Å². The SMILES string of the molecule is CC(C)(C)O.CCOC(=O)Cc1c(C)cc2[o+]c(C)ccc2c1Br.COON. The zero-order valence-electron chi connectivity index (χ0n) is 17.6. The van der Waals surface area contributed by atoms with Crippen molar-refractivity contribution in [2.45, 2.75) is 53.6 Å². The van der Waals surface area contributed by atoms with Gasteiger partial charge in [0, 0.05) is 16.6 Å². The van der Waals surface area contributed by atoms with E-state index >= 15 is 0 Å². The average Bonchev–Trinajstić information content (AvgIpc) is 2.57. The molecule has 2 aromatic rings. The van der Waals surface area contributed by atoms with Gasteiger partial charge >= 0.3 is 17.3 Å². The topological polar surface area (TPSA) is 102 Å². The molecule has 0 bridgehead atoms. The fourth-order valence-electron chi connectivity index (χ4n) is 2.03. The molecule has 2 rings (SSSR count). The Bertz CT molecular complexity index is 750. The number of aliphatic hydroxyl groups is 1. The zero-order chi connectivity index (χ0) is 21.9.